The molecular formula is C14H27NO2. The minimum absolute atomic E-state index is 0.0512. The lowest BCUT2D eigenvalue weighted by Crippen LogP contribution is -2.57. The van der Waals surface area contributed by atoms with E-state index in [1.807, 2.05) is 0 Å². The third kappa shape index (κ3) is 2.38. The van der Waals surface area contributed by atoms with E-state index in [1.54, 1.807) is 0 Å². The van der Waals surface area contributed by atoms with Crippen molar-refractivity contribution in [2.24, 2.45) is 5.41 Å². The molecule has 0 bridgehead atoms. The molecule has 2 aliphatic rings. The van der Waals surface area contributed by atoms with Gasteiger partial charge in [0.25, 0.3) is 0 Å². The summed E-state index contributed by atoms with van der Waals surface area (Å²) in [6.45, 7) is 14.0. The Morgan fingerprint density at radius 3 is 2.24 bits per heavy atom. The summed E-state index contributed by atoms with van der Waals surface area (Å²) in [5.41, 5.74) is 0.219. The maximum Gasteiger partial charge on any atom is 0.126 e. The van der Waals surface area contributed by atoms with Crippen molar-refractivity contribution in [2.75, 3.05) is 19.8 Å². The number of ether oxygens (including phenoxy) is 2. The van der Waals surface area contributed by atoms with Gasteiger partial charge < -0.3 is 9.47 Å². The second-order valence-electron chi connectivity index (χ2n) is 6.75. The molecule has 0 aromatic heterocycles. The summed E-state index contributed by atoms with van der Waals surface area (Å²) in [5, 5.41) is 0. The van der Waals surface area contributed by atoms with Gasteiger partial charge in [-0.3, -0.25) is 4.90 Å². The summed E-state index contributed by atoms with van der Waals surface area (Å²) < 4.78 is 11.7. The number of nitrogens with zero attached hydrogens (tertiary/aromatic N) is 1. The van der Waals surface area contributed by atoms with E-state index in [0.29, 0.717) is 12.1 Å². The Hall–Kier alpha value is -0.120. The molecule has 3 heteroatoms. The summed E-state index contributed by atoms with van der Waals surface area (Å²) >= 11 is 0. The highest BCUT2D eigenvalue weighted by Gasteiger charge is 2.52. The molecule has 0 aromatic carbocycles. The van der Waals surface area contributed by atoms with Crippen LogP contribution in [0.2, 0.25) is 0 Å². The van der Waals surface area contributed by atoms with Crippen LogP contribution in [0.4, 0.5) is 0 Å². The quantitative estimate of drug-likeness (QED) is 0.704. The largest absolute Gasteiger partial charge is 0.381 e. The highest BCUT2D eigenvalue weighted by molar-refractivity contribution is 4.99. The van der Waals surface area contributed by atoms with Gasteiger partial charge >= 0.3 is 0 Å². The standard InChI is InChI=1S/C14H27NO2/c1-11(2)15-12(13(3,4)5)10-17-14(15)6-8-16-9-7-14/h11-12H,6-10H2,1-5H3/t12-/m0/s1. The number of hydrogen-bond acceptors (Lipinski definition) is 3. The van der Waals surface area contributed by atoms with Crippen molar-refractivity contribution in [1.29, 1.82) is 0 Å². The van der Waals surface area contributed by atoms with Crippen LogP contribution in [0.3, 0.4) is 0 Å². The summed E-state index contributed by atoms with van der Waals surface area (Å²) in [5.74, 6) is 0. The van der Waals surface area contributed by atoms with Crippen LogP contribution < -0.4 is 0 Å². The molecular weight excluding hydrogens is 214 g/mol. The fourth-order valence-electron chi connectivity index (χ4n) is 3.26. The van der Waals surface area contributed by atoms with Crippen molar-refractivity contribution >= 4 is 0 Å². The van der Waals surface area contributed by atoms with Gasteiger partial charge in [0.05, 0.1) is 19.8 Å². The highest BCUT2D eigenvalue weighted by Crippen LogP contribution is 2.43. The average Bonchev–Trinajstić information content (AvgIpc) is 2.58. The lowest BCUT2D eigenvalue weighted by molar-refractivity contribution is -0.157. The topological polar surface area (TPSA) is 21.7 Å². The first-order valence-corrected chi connectivity index (χ1v) is 6.87. The second kappa shape index (κ2) is 4.52. The second-order valence-corrected chi connectivity index (χ2v) is 6.75. The van der Waals surface area contributed by atoms with Crippen molar-refractivity contribution in [3.63, 3.8) is 0 Å². The summed E-state index contributed by atoms with van der Waals surface area (Å²) in [6, 6.07) is 1.04. The maximum atomic E-state index is 6.24. The molecule has 17 heavy (non-hydrogen) atoms. The highest BCUT2D eigenvalue weighted by atomic mass is 16.5. The van der Waals surface area contributed by atoms with Crippen LogP contribution in [0.25, 0.3) is 0 Å². The van der Waals surface area contributed by atoms with E-state index < -0.39 is 0 Å². The van der Waals surface area contributed by atoms with Gasteiger partial charge in [0.2, 0.25) is 0 Å². The Bertz CT molecular complexity index is 264. The molecule has 2 rings (SSSR count). The Morgan fingerprint density at radius 2 is 1.76 bits per heavy atom. The summed E-state index contributed by atoms with van der Waals surface area (Å²) in [4.78, 5) is 2.61. The van der Waals surface area contributed by atoms with Crippen LogP contribution in [0.5, 0.6) is 0 Å². The molecule has 0 unspecified atom stereocenters. The first-order valence-electron chi connectivity index (χ1n) is 6.87. The summed E-state index contributed by atoms with van der Waals surface area (Å²) in [6.07, 6.45) is 2.02. The third-order valence-electron chi connectivity index (χ3n) is 4.15. The molecule has 0 aromatic rings. The van der Waals surface area contributed by atoms with Crippen molar-refractivity contribution in [2.45, 2.75) is 65.3 Å². The lowest BCUT2D eigenvalue weighted by atomic mass is 9.84. The van der Waals surface area contributed by atoms with Gasteiger partial charge in [0.15, 0.2) is 0 Å². The van der Waals surface area contributed by atoms with E-state index >= 15 is 0 Å². The van der Waals surface area contributed by atoms with Gasteiger partial charge in [-0.05, 0) is 19.3 Å². The van der Waals surface area contributed by atoms with Gasteiger partial charge in [-0.2, -0.15) is 0 Å². The molecule has 100 valence electrons. The average molecular weight is 241 g/mol. The van der Waals surface area contributed by atoms with Gasteiger partial charge in [0, 0.05) is 24.9 Å². The first kappa shape index (κ1) is 13.3. The first-order chi connectivity index (χ1) is 7.87. The monoisotopic (exact) mass is 241 g/mol. The Balaban J connectivity index is 2.24. The van der Waals surface area contributed by atoms with E-state index in [0.717, 1.165) is 32.7 Å². The SMILES string of the molecule is CC(C)N1[C@H](C(C)(C)C)COC12CCOCC2. The molecule has 1 spiro atoms. The fourth-order valence-corrected chi connectivity index (χ4v) is 3.26. The predicted octanol–water partition coefficient (Wildman–Crippen LogP) is 2.65. The number of hydrogen-bond donors (Lipinski definition) is 0. The Kier molecular flexibility index (Phi) is 3.54. The normalized spacial score (nSPS) is 30.4. The summed E-state index contributed by atoms with van der Waals surface area (Å²) in [7, 11) is 0. The molecule has 0 saturated carbocycles. The van der Waals surface area contributed by atoms with Crippen LogP contribution >= 0.6 is 0 Å². The Morgan fingerprint density at radius 1 is 1.18 bits per heavy atom. The Labute approximate surface area is 105 Å². The molecule has 2 saturated heterocycles. The minimum Gasteiger partial charge on any atom is -0.381 e. The molecule has 2 aliphatic heterocycles. The smallest absolute Gasteiger partial charge is 0.126 e. The zero-order valence-corrected chi connectivity index (χ0v) is 12.0. The molecule has 1 atom stereocenters. The van der Waals surface area contributed by atoms with Gasteiger partial charge in [-0.15, -0.1) is 0 Å². The number of rotatable bonds is 1. The molecule has 2 fully saturated rings. The molecule has 2 heterocycles. The maximum absolute atomic E-state index is 6.24. The molecule has 0 aliphatic carbocycles. The van der Waals surface area contributed by atoms with E-state index in [9.17, 15) is 0 Å². The van der Waals surface area contributed by atoms with Crippen LogP contribution in [0.15, 0.2) is 0 Å². The van der Waals surface area contributed by atoms with Gasteiger partial charge in [0.1, 0.15) is 5.72 Å². The van der Waals surface area contributed by atoms with Crippen molar-refractivity contribution in [1.82, 2.24) is 4.90 Å². The molecule has 0 radical (unpaired) electrons. The molecule has 0 amide bonds. The van der Waals surface area contributed by atoms with Crippen molar-refractivity contribution < 1.29 is 9.47 Å². The van der Waals surface area contributed by atoms with Crippen LogP contribution in [0.1, 0.15) is 47.5 Å². The zero-order valence-electron chi connectivity index (χ0n) is 12.0. The van der Waals surface area contributed by atoms with Gasteiger partial charge in [-0.25, -0.2) is 0 Å². The van der Waals surface area contributed by atoms with E-state index in [1.165, 1.54) is 0 Å². The molecule has 0 N–H and O–H groups in total. The van der Waals surface area contributed by atoms with E-state index in [4.69, 9.17) is 9.47 Å². The zero-order chi connectivity index (χ0) is 12.7. The van der Waals surface area contributed by atoms with Crippen LogP contribution in [0, 0.1) is 5.41 Å². The fraction of sp³-hybridized carbons (Fsp3) is 1.00. The van der Waals surface area contributed by atoms with E-state index in [-0.39, 0.29) is 11.1 Å². The van der Waals surface area contributed by atoms with Crippen LogP contribution in [-0.4, -0.2) is 42.5 Å². The van der Waals surface area contributed by atoms with Gasteiger partial charge in [-0.1, -0.05) is 20.8 Å². The van der Waals surface area contributed by atoms with E-state index in [2.05, 4.69) is 39.5 Å². The van der Waals surface area contributed by atoms with Crippen molar-refractivity contribution in [3.8, 4) is 0 Å². The predicted molar refractivity (Wildman–Crippen MR) is 69.0 cm³/mol. The van der Waals surface area contributed by atoms with Crippen LogP contribution in [-0.2, 0) is 9.47 Å². The third-order valence-corrected chi connectivity index (χ3v) is 4.15. The minimum atomic E-state index is -0.0512. The lowest BCUT2D eigenvalue weighted by Gasteiger charge is -2.46. The van der Waals surface area contributed by atoms with Crippen molar-refractivity contribution in [3.05, 3.63) is 0 Å². The molecule has 3 nitrogen and oxygen atoms in total.